The topological polar surface area (TPSA) is 96.0 Å². The highest BCUT2D eigenvalue weighted by molar-refractivity contribution is 7.92. The Bertz CT molecular complexity index is 1380. The molecule has 8 nitrogen and oxygen atoms in total. The van der Waals surface area contributed by atoms with E-state index in [1.807, 2.05) is 68.4 Å². The van der Waals surface area contributed by atoms with Gasteiger partial charge >= 0.3 is 0 Å². The lowest BCUT2D eigenvalue weighted by atomic mass is 10.0. The fourth-order valence-electron chi connectivity index (χ4n) is 4.43. The van der Waals surface area contributed by atoms with E-state index in [9.17, 15) is 18.0 Å². The molecule has 0 aliphatic carbocycles. The molecule has 3 aromatic rings. The molecule has 2 amide bonds. The van der Waals surface area contributed by atoms with Crippen LogP contribution in [-0.4, -0.2) is 57.1 Å². The molecule has 0 aliphatic heterocycles. The van der Waals surface area contributed by atoms with Gasteiger partial charge in [-0.05, 0) is 49.1 Å². The van der Waals surface area contributed by atoms with Crippen LogP contribution in [0.15, 0.2) is 78.9 Å². The number of hydrogen-bond donors (Lipinski definition) is 1. The Morgan fingerprint density at radius 1 is 0.925 bits per heavy atom. The third-order valence-electron chi connectivity index (χ3n) is 6.54. The second-order valence-corrected chi connectivity index (χ2v) is 11.5. The number of nitrogens with one attached hydrogen (secondary N) is 1. The van der Waals surface area contributed by atoms with E-state index in [1.54, 1.807) is 31.2 Å². The number of nitrogens with zero attached hydrogens (tertiary/aromatic N) is 2. The van der Waals surface area contributed by atoms with Gasteiger partial charge in [-0.2, -0.15) is 0 Å². The maximum Gasteiger partial charge on any atom is 0.244 e. The molecular formula is C31H39N3O5S. The summed E-state index contributed by atoms with van der Waals surface area (Å²) in [4.78, 5) is 29.2. The molecule has 0 unspecified atom stereocenters. The van der Waals surface area contributed by atoms with Gasteiger partial charge in [0.15, 0.2) is 0 Å². The summed E-state index contributed by atoms with van der Waals surface area (Å²) >= 11 is 0. The Morgan fingerprint density at radius 3 is 2.23 bits per heavy atom. The Kier molecular flexibility index (Phi) is 11.1. The molecule has 3 rings (SSSR count). The minimum atomic E-state index is -3.88. The molecule has 0 aromatic heterocycles. The zero-order valence-corrected chi connectivity index (χ0v) is 24.5. The van der Waals surface area contributed by atoms with Crippen LogP contribution in [0.1, 0.15) is 37.0 Å². The summed E-state index contributed by atoms with van der Waals surface area (Å²) in [5.41, 5.74) is 3.00. The zero-order valence-electron chi connectivity index (χ0n) is 23.7. The van der Waals surface area contributed by atoms with E-state index in [4.69, 9.17) is 4.74 Å². The van der Waals surface area contributed by atoms with Crippen molar-refractivity contribution in [3.63, 3.8) is 0 Å². The van der Waals surface area contributed by atoms with E-state index in [2.05, 4.69) is 5.32 Å². The molecule has 0 fully saturated rings. The lowest BCUT2D eigenvalue weighted by Gasteiger charge is -2.34. The van der Waals surface area contributed by atoms with Crippen LogP contribution in [0, 0.1) is 6.92 Å². The highest BCUT2D eigenvalue weighted by Crippen LogP contribution is 2.30. The summed E-state index contributed by atoms with van der Waals surface area (Å²) in [5.74, 6) is -0.420. The maximum atomic E-state index is 14.2. The van der Waals surface area contributed by atoms with Crippen LogP contribution >= 0.6 is 0 Å². The standard InChI is InChI=1S/C31H39N3O5S/c1-5-20-32-31(36)28(21-25-15-8-7-9-16-25)33(22-26-17-11-10-14-24(26)3)30(35)23-34(40(4,37)38)27-18-12-13-19-29(27)39-6-2/h7-19,28H,5-6,20-23H2,1-4H3,(H,32,36)/t28-/m0/s1. The monoisotopic (exact) mass is 565 g/mol. The van der Waals surface area contributed by atoms with Gasteiger partial charge in [-0.1, -0.05) is 73.7 Å². The van der Waals surface area contributed by atoms with Crippen molar-refractivity contribution in [2.75, 3.05) is 30.3 Å². The van der Waals surface area contributed by atoms with Crippen molar-refractivity contribution in [2.45, 2.75) is 46.2 Å². The molecule has 0 saturated carbocycles. The van der Waals surface area contributed by atoms with E-state index in [0.717, 1.165) is 33.7 Å². The Hall–Kier alpha value is -3.85. The van der Waals surface area contributed by atoms with Gasteiger partial charge in [-0.25, -0.2) is 8.42 Å². The van der Waals surface area contributed by atoms with Crippen LogP contribution in [0.2, 0.25) is 0 Å². The molecule has 0 saturated heterocycles. The number of anilines is 1. The first-order valence-electron chi connectivity index (χ1n) is 13.5. The van der Waals surface area contributed by atoms with Crippen LogP contribution in [0.4, 0.5) is 5.69 Å². The number of benzene rings is 3. The van der Waals surface area contributed by atoms with E-state index in [-0.39, 0.29) is 24.6 Å². The van der Waals surface area contributed by atoms with Gasteiger partial charge in [0, 0.05) is 19.5 Å². The summed E-state index contributed by atoms with van der Waals surface area (Å²) < 4.78 is 32.8. The average molecular weight is 566 g/mol. The predicted molar refractivity (Wildman–Crippen MR) is 159 cm³/mol. The number of aryl methyl sites for hydroxylation is 1. The van der Waals surface area contributed by atoms with Gasteiger partial charge in [0.1, 0.15) is 18.3 Å². The molecular weight excluding hydrogens is 526 g/mol. The van der Waals surface area contributed by atoms with Crippen LogP contribution in [0.5, 0.6) is 5.75 Å². The molecule has 1 N–H and O–H groups in total. The zero-order chi connectivity index (χ0) is 29.1. The number of hydrogen-bond acceptors (Lipinski definition) is 5. The van der Waals surface area contributed by atoms with Crippen molar-refractivity contribution in [3.8, 4) is 5.75 Å². The number of amides is 2. The van der Waals surface area contributed by atoms with Gasteiger partial charge < -0.3 is 15.0 Å². The van der Waals surface area contributed by atoms with Gasteiger partial charge in [0.25, 0.3) is 0 Å². The second-order valence-electron chi connectivity index (χ2n) is 9.62. The summed E-state index contributed by atoms with van der Waals surface area (Å²) in [6.07, 6.45) is 2.08. The predicted octanol–water partition coefficient (Wildman–Crippen LogP) is 4.33. The SMILES string of the molecule is CCCNC(=O)[C@H](Cc1ccccc1)N(Cc1ccccc1C)C(=O)CN(c1ccccc1OCC)S(C)(=O)=O. The molecule has 0 spiro atoms. The summed E-state index contributed by atoms with van der Waals surface area (Å²) in [6, 6.07) is 23.0. The Labute approximate surface area is 238 Å². The first-order chi connectivity index (χ1) is 19.2. The van der Waals surface area contributed by atoms with Crippen LogP contribution in [-0.2, 0) is 32.6 Å². The first-order valence-corrected chi connectivity index (χ1v) is 15.4. The number of para-hydroxylation sites is 2. The summed E-state index contributed by atoms with van der Waals surface area (Å²) in [6.45, 7) is 6.17. The Balaban J connectivity index is 2.08. The van der Waals surface area contributed by atoms with Crippen LogP contribution in [0.3, 0.4) is 0 Å². The lowest BCUT2D eigenvalue weighted by molar-refractivity contribution is -0.140. The first kappa shape index (κ1) is 30.7. The Morgan fingerprint density at radius 2 is 1.57 bits per heavy atom. The molecule has 0 bridgehead atoms. The van der Waals surface area contributed by atoms with Crippen molar-refractivity contribution in [2.24, 2.45) is 0 Å². The van der Waals surface area contributed by atoms with Crippen molar-refractivity contribution in [3.05, 3.63) is 95.6 Å². The lowest BCUT2D eigenvalue weighted by Crippen LogP contribution is -2.53. The third-order valence-corrected chi connectivity index (χ3v) is 7.66. The molecule has 214 valence electrons. The largest absolute Gasteiger partial charge is 0.492 e. The third kappa shape index (κ3) is 8.32. The molecule has 0 aliphatic rings. The van der Waals surface area contributed by atoms with Gasteiger partial charge in [-0.3, -0.25) is 13.9 Å². The molecule has 40 heavy (non-hydrogen) atoms. The fourth-order valence-corrected chi connectivity index (χ4v) is 5.28. The van der Waals surface area contributed by atoms with Gasteiger partial charge in [0.2, 0.25) is 21.8 Å². The van der Waals surface area contributed by atoms with E-state index in [1.165, 1.54) is 4.90 Å². The van der Waals surface area contributed by atoms with Gasteiger partial charge in [-0.15, -0.1) is 0 Å². The normalized spacial score (nSPS) is 11.9. The fraction of sp³-hybridized carbons (Fsp3) is 0.355. The average Bonchev–Trinajstić information content (AvgIpc) is 2.93. The smallest absolute Gasteiger partial charge is 0.244 e. The molecule has 9 heteroatoms. The number of carbonyl (C=O) groups is 2. The van der Waals surface area contributed by atoms with Crippen LogP contribution < -0.4 is 14.4 Å². The quantitative estimate of drug-likeness (QED) is 0.314. The maximum absolute atomic E-state index is 14.2. The molecule has 0 radical (unpaired) electrons. The number of ether oxygens (including phenoxy) is 1. The van der Waals surface area contributed by atoms with Crippen molar-refractivity contribution < 1.29 is 22.7 Å². The second kappa shape index (κ2) is 14.5. The number of sulfonamides is 1. The van der Waals surface area contributed by atoms with E-state index >= 15 is 0 Å². The van der Waals surface area contributed by atoms with Crippen molar-refractivity contribution in [1.82, 2.24) is 10.2 Å². The van der Waals surface area contributed by atoms with Gasteiger partial charge in [0.05, 0.1) is 18.6 Å². The summed E-state index contributed by atoms with van der Waals surface area (Å²) in [7, 11) is -3.88. The van der Waals surface area contributed by atoms with Crippen molar-refractivity contribution >= 4 is 27.5 Å². The highest BCUT2D eigenvalue weighted by atomic mass is 32.2. The molecule has 0 heterocycles. The highest BCUT2D eigenvalue weighted by Gasteiger charge is 2.33. The van der Waals surface area contributed by atoms with Crippen molar-refractivity contribution in [1.29, 1.82) is 0 Å². The minimum absolute atomic E-state index is 0.146. The number of rotatable bonds is 14. The summed E-state index contributed by atoms with van der Waals surface area (Å²) in [5, 5.41) is 2.94. The molecule has 1 atom stereocenters. The van der Waals surface area contributed by atoms with E-state index in [0.29, 0.717) is 18.9 Å². The molecule has 3 aromatic carbocycles. The van der Waals surface area contributed by atoms with E-state index < -0.39 is 28.5 Å². The number of carbonyl (C=O) groups excluding carboxylic acids is 2. The minimum Gasteiger partial charge on any atom is -0.492 e. The van der Waals surface area contributed by atoms with Crippen LogP contribution in [0.25, 0.3) is 0 Å².